The molecule has 2 atom stereocenters. The lowest BCUT2D eigenvalue weighted by molar-refractivity contribution is 0.505. The molecule has 4 heteroatoms. The van der Waals surface area contributed by atoms with Gasteiger partial charge >= 0.3 is 0 Å². The van der Waals surface area contributed by atoms with Gasteiger partial charge in [0.1, 0.15) is 0 Å². The predicted octanol–water partition coefficient (Wildman–Crippen LogP) is 2.69. The largest absolute Gasteiger partial charge is 0.298 e. The Labute approximate surface area is 85.9 Å². The topological polar surface area (TPSA) is 12.0 Å². The lowest BCUT2D eigenvalue weighted by atomic mass is 10.2. The maximum absolute atomic E-state index is 12.9. The highest BCUT2D eigenvalue weighted by molar-refractivity contribution is 7.99. The van der Waals surface area contributed by atoms with Crippen LogP contribution in [-0.4, -0.2) is 11.8 Å². The van der Waals surface area contributed by atoms with Crippen LogP contribution in [0, 0.1) is 11.6 Å². The summed E-state index contributed by atoms with van der Waals surface area (Å²) in [7, 11) is 0. The summed E-state index contributed by atoms with van der Waals surface area (Å²) in [5.74, 6) is -0.557. The van der Waals surface area contributed by atoms with Crippen molar-refractivity contribution in [2.75, 3.05) is 5.75 Å². The van der Waals surface area contributed by atoms with Gasteiger partial charge in [0.2, 0.25) is 0 Å². The summed E-state index contributed by atoms with van der Waals surface area (Å²) in [5, 5.41) is 3.39. The van der Waals surface area contributed by atoms with Crippen LogP contribution in [0.25, 0.3) is 0 Å². The van der Waals surface area contributed by atoms with Crippen molar-refractivity contribution in [2.45, 2.75) is 18.3 Å². The van der Waals surface area contributed by atoms with Crippen molar-refractivity contribution in [3.05, 3.63) is 35.4 Å². The van der Waals surface area contributed by atoms with E-state index in [2.05, 4.69) is 12.2 Å². The second-order valence-electron chi connectivity index (χ2n) is 3.45. The van der Waals surface area contributed by atoms with Crippen molar-refractivity contribution in [2.24, 2.45) is 0 Å². The molecule has 1 aliphatic rings. The van der Waals surface area contributed by atoms with Crippen LogP contribution in [0.5, 0.6) is 0 Å². The first-order valence-corrected chi connectivity index (χ1v) is 5.54. The molecular weight excluding hydrogens is 204 g/mol. The van der Waals surface area contributed by atoms with Gasteiger partial charge in [-0.05, 0) is 24.6 Å². The highest BCUT2D eigenvalue weighted by atomic mass is 32.2. The van der Waals surface area contributed by atoms with E-state index in [0.29, 0.717) is 6.04 Å². The maximum atomic E-state index is 12.9. The van der Waals surface area contributed by atoms with Gasteiger partial charge in [-0.25, -0.2) is 8.78 Å². The second-order valence-corrected chi connectivity index (χ2v) is 4.59. The minimum atomic E-state index is -0.787. The summed E-state index contributed by atoms with van der Waals surface area (Å²) in [4.78, 5) is 0. The van der Waals surface area contributed by atoms with E-state index >= 15 is 0 Å². The number of hydrogen-bond donors (Lipinski definition) is 1. The fourth-order valence-electron chi connectivity index (χ4n) is 1.46. The number of thioether (sulfide) groups is 1. The number of benzene rings is 1. The standard InChI is InChI=1S/C10H11F2NS/c1-6-5-14-10(13-6)7-2-3-8(11)9(12)4-7/h2-4,6,10,13H,5H2,1H3. The molecule has 1 saturated heterocycles. The Kier molecular flexibility index (Phi) is 2.74. The van der Waals surface area contributed by atoms with Crippen LogP contribution in [0.4, 0.5) is 8.78 Å². The van der Waals surface area contributed by atoms with Gasteiger partial charge in [-0.1, -0.05) is 6.07 Å². The average Bonchev–Trinajstić information content (AvgIpc) is 2.57. The molecule has 76 valence electrons. The number of halogens is 2. The third-order valence-corrected chi connectivity index (χ3v) is 3.63. The van der Waals surface area contributed by atoms with Crippen LogP contribution in [0.1, 0.15) is 17.9 Å². The Morgan fingerprint density at radius 3 is 2.71 bits per heavy atom. The van der Waals surface area contributed by atoms with E-state index in [1.54, 1.807) is 17.8 Å². The number of rotatable bonds is 1. The van der Waals surface area contributed by atoms with E-state index in [9.17, 15) is 8.78 Å². The molecule has 1 heterocycles. The zero-order valence-corrected chi connectivity index (χ0v) is 8.57. The monoisotopic (exact) mass is 215 g/mol. The summed E-state index contributed by atoms with van der Waals surface area (Å²) in [6, 6.07) is 4.49. The van der Waals surface area contributed by atoms with Crippen LogP contribution >= 0.6 is 11.8 Å². The second kappa shape index (κ2) is 3.87. The Hall–Kier alpha value is -0.610. The van der Waals surface area contributed by atoms with Crippen molar-refractivity contribution in [3.8, 4) is 0 Å². The first-order chi connectivity index (χ1) is 6.66. The van der Waals surface area contributed by atoms with E-state index in [1.807, 2.05) is 0 Å². The van der Waals surface area contributed by atoms with Crippen LogP contribution in [0.3, 0.4) is 0 Å². The Balaban J connectivity index is 2.20. The first kappa shape index (κ1) is 9.93. The summed E-state index contributed by atoms with van der Waals surface area (Å²) in [6.07, 6.45) is 0. The van der Waals surface area contributed by atoms with E-state index < -0.39 is 11.6 Å². The molecular formula is C10H11F2NS. The molecule has 1 N–H and O–H groups in total. The summed E-state index contributed by atoms with van der Waals surface area (Å²) < 4.78 is 25.6. The van der Waals surface area contributed by atoms with Gasteiger partial charge in [0, 0.05) is 11.8 Å². The molecule has 2 rings (SSSR count). The van der Waals surface area contributed by atoms with E-state index in [0.717, 1.165) is 11.3 Å². The van der Waals surface area contributed by atoms with Crippen molar-refractivity contribution in [1.82, 2.24) is 5.32 Å². The molecule has 1 nitrogen and oxygen atoms in total. The fraction of sp³-hybridized carbons (Fsp3) is 0.400. The SMILES string of the molecule is CC1CSC(c2ccc(F)c(F)c2)N1. The van der Waals surface area contributed by atoms with Crippen molar-refractivity contribution in [1.29, 1.82) is 0 Å². The highest BCUT2D eigenvalue weighted by Crippen LogP contribution is 2.32. The third-order valence-electron chi connectivity index (χ3n) is 2.20. The first-order valence-electron chi connectivity index (χ1n) is 4.49. The predicted molar refractivity (Wildman–Crippen MR) is 54.2 cm³/mol. The molecule has 1 fully saturated rings. The quantitative estimate of drug-likeness (QED) is 0.773. The molecule has 0 aromatic heterocycles. The number of hydrogen-bond acceptors (Lipinski definition) is 2. The van der Waals surface area contributed by atoms with Crippen molar-refractivity contribution in [3.63, 3.8) is 0 Å². The zero-order chi connectivity index (χ0) is 10.1. The summed E-state index contributed by atoms with van der Waals surface area (Å²) >= 11 is 1.72. The maximum Gasteiger partial charge on any atom is 0.159 e. The van der Waals surface area contributed by atoms with E-state index in [4.69, 9.17) is 0 Å². The van der Waals surface area contributed by atoms with Crippen LogP contribution in [0.2, 0.25) is 0 Å². The third kappa shape index (κ3) is 1.91. The van der Waals surface area contributed by atoms with Gasteiger partial charge in [-0.2, -0.15) is 0 Å². The smallest absolute Gasteiger partial charge is 0.159 e. The molecule has 0 spiro atoms. The van der Waals surface area contributed by atoms with E-state index in [1.165, 1.54) is 12.1 Å². The van der Waals surface area contributed by atoms with Crippen LogP contribution in [0.15, 0.2) is 18.2 Å². The van der Waals surface area contributed by atoms with Gasteiger partial charge < -0.3 is 0 Å². The Morgan fingerprint density at radius 1 is 1.36 bits per heavy atom. The molecule has 2 unspecified atom stereocenters. The molecule has 1 aromatic carbocycles. The molecule has 0 bridgehead atoms. The molecule has 0 aliphatic carbocycles. The molecule has 0 radical (unpaired) electrons. The molecule has 1 aromatic rings. The van der Waals surface area contributed by atoms with Gasteiger partial charge in [0.05, 0.1) is 5.37 Å². The Morgan fingerprint density at radius 2 is 2.14 bits per heavy atom. The number of nitrogens with one attached hydrogen (secondary N) is 1. The highest BCUT2D eigenvalue weighted by Gasteiger charge is 2.22. The normalized spacial score (nSPS) is 26.8. The molecule has 0 saturated carbocycles. The van der Waals surface area contributed by atoms with Crippen LogP contribution in [-0.2, 0) is 0 Å². The molecule has 14 heavy (non-hydrogen) atoms. The Bertz CT molecular complexity index is 343. The lowest BCUT2D eigenvalue weighted by Gasteiger charge is -2.11. The van der Waals surface area contributed by atoms with Crippen molar-refractivity contribution >= 4 is 11.8 Å². The minimum absolute atomic E-state index is 0.0973. The summed E-state index contributed by atoms with van der Waals surface area (Å²) in [5.41, 5.74) is 0.804. The minimum Gasteiger partial charge on any atom is -0.298 e. The zero-order valence-electron chi connectivity index (χ0n) is 7.76. The van der Waals surface area contributed by atoms with Gasteiger partial charge in [-0.15, -0.1) is 11.8 Å². The van der Waals surface area contributed by atoms with Gasteiger partial charge in [0.15, 0.2) is 11.6 Å². The average molecular weight is 215 g/mol. The lowest BCUT2D eigenvalue weighted by Crippen LogP contribution is -2.21. The molecule has 1 aliphatic heterocycles. The van der Waals surface area contributed by atoms with Crippen molar-refractivity contribution < 1.29 is 8.78 Å². The van der Waals surface area contributed by atoms with E-state index in [-0.39, 0.29) is 5.37 Å². The summed E-state index contributed by atoms with van der Waals surface area (Å²) in [6.45, 7) is 2.08. The molecule has 0 amide bonds. The fourth-order valence-corrected chi connectivity index (χ4v) is 2.71. The van der Waals surface area contributed by atoms with Gasteiger partial charge in [-0.3, -0.25) is 5.32 Å². The van der Waals surface area contributed by atoms with Crippen LogP contribution < -0.4 is 5.32 Å². The van der Waals surface area contributed by atoms with Gasteiger partial charge in [0.25, 0.3) is 0 Å².